The van der Waals surface area contributed by atoms with E-state index in [9.17, 15) is 9.18 Å². The van der Waals surface area contributed by atoms with Gasteiger partial charge in [-0.1, -0.05) is 22.9 Å². The lowest BCUT2D eigenvalue weighted by atomic mass is 10.1. The van der Waals surface area contributed by atoms with Crippen LogP contribution in [0.5, 0.6) is 5.75 Å². The Morgan fingerprint density at radius 2 is 2.31 bits per heavy atom. The highest BCUT2D eigenvalue weighted by molar-refractivity contribution is 9.08. The minimum Gasteiger partial charge on any atom is -0.475 e. The van der Waals surface area contributed by atoms with Crippen LogP contribution in [0.3, 0.4) is 0 Å². The van der Waals surface area contributed by atoms with Crippen LogP contribution in [-0.2, 0) is 10.1 Å². The van der Waals surface area contributed by atoms with E-state index < -0.39 is 11.9 Å². The highest BCUT2D eigenvalue weighted by Crippen LogP contribution is 2.34. The molecule has 1 aliphatic rings. The number of nitrogens with one attached hydrogen (secondary N) is 1. The van der Waals surface area contributed by atoms with Gasteiger partial charge in [0.25, 0.3) is 5.91 Å². The van der Waals surface area contributed by atoms with Gasteiger partial charge in [-0.2, -0.15) is 0 Å². The molecule has 1 atom stereocenters. The zero-order valence-electron chi connectivity index (χ0n) is 8.72. The molecule has 1 unspecified atom stereocenters. The first-order valence-electron chi connectivity index (χ1n) is 5.01. The molecule has 0 saturated heterocycles. The molecule has 5 heteroatoms. The molecule has 0 radical (unpaired) electrons. The van der Waals surface area contributed by atoms with E-state index >= 15 is 0 Å². The second-order valence-corrected chi connectivity index (χ2v) is 4.15. The fourth-order valence-corrected chi connectivity index (χ4v) is 1.94. The van der Waals surface area contributed by atoms with E-state index in [1.807, 2.05) is 6.92 Å². The van der Waals surface area contributed by atoms with Crippen molar-refractivity contribution in [2.45, 2.75) is 24.8 Å². The Labute approximate surface area is 101 Å². The number of alkyl halides is 1. The molecule has 1 heterocycles. The SMILES string of the molecule is CCC1Oc2c(F)cc(CBr)cc2NC1=O. The van der Waals surface area contributed by atoms with Crippen LogP contribution >= 0.6 is 15.9 Å². The van der Waals surface area contributed by atoms with E-state index in [2.05, 4.69) is 21.2 Å². The molecule has 0 aromatic heterocycles. The lowest BCUT2D eigenvalue weighted by Crippen LogP contribution is -2.36. The fraction of sp³-hybridized carbons (Fsp3) is 0.364. The van der Waals surface area contributed by atoms with E-state index in [1.54, 1.807) is 6.07 Å². The summed E-state index contributed by atoms with van der Waals surface area (Å²) in [4.78, 5) is 11.5. The van der Waals surface area contributed by atoms with Crippen LogP contribution in [0, 0.1) is 5.82 Å². The first-order chi connectivity index (χ1) is 7.65. The standard InChI is InChI=1S/C11H11BrFNO2/c1-2-9-11(15)14-8-4-6(5-12)3-7(13)10(8)16-9/h3-4,9H,2,5H2,1H3,(H,14,15). The molecule has 3 nitrogen and oxygen atoms in total. The molecule has 0 bridgehead atoms. The number of carbonyl (C=O) groups excluding carboxylic acids is 1. The van der Waals surface area contributed by atoms with E-state index in [-0.39, 0.29) is 11.7 Å². The van der Waals surface area contributed by atoms with Crippen LogP contribution in [0.15, 0.2) is 12.1 Å². The number of rotatable bonds is 2. The van der Waals surface area contributed by atoms with Crippen molar-refractivity contribution in [2.24, 2.45) is 0 Å². The van der Waals surface area contributed by atoms with Gasteiger partial charge in [-0.15, -0.1) is 0 Å². The van der Waals surface area contributed by atoms with Crippen LogP contribution in [-0.4, -0.2) is 12.0 Å². The summed E-state index contributed by atoms with van der Waals surface area (Å²) in [6.07, 6.45) is -0.0814. The Balaban J connectivity index is 2.42. The first kappa shape index (κ1) is 11.4. The van der Waals surface area contributed by atoms with Crippen LogP contribution in [0.25, 0.3) is 0 Å². The number of carbonyl (C=O) groups is 1. The Morgan fingerprint density at radius 3 is 2.94 bits per heavy atom. The van der Waals surface area contributed by atoms with Crippen LogP contribution in [0.4, 0.5) is 10.1 Å². The van der Waals surface area contributed by atoms with Gasteiger partial charge in [-0.25, -0.2) is 4.39 Å². The molecule has 16 heavy (non-hydrogen) atoms. The fourth-order valence-electron chi connectivity index (χ4n) is 1.62. The molecule has 1 aliphatic heterocycles. The first-order valence-corrected chi connectivity index (χ1v) is 6.13. The van der Waals surface area contributed by atoms with Gasteiger partial charge in [0.05, 0.1) is 5.69 Å². The van der Waals surface area contributed by atoms with Crippen LogP contribution < -0.4 is 10.1 Å². The average molecular weight is 288 g/mol. The molecule has 1 aromatic rings. The molecular formula is C11H11BrFNO2. The molecule has 0 fully saturated rings. The smallest absolute Gasteiger partial charge is 0.265 e. The van der Waals surface area contributed by atoms with Gasteiger partial charge < -0.3 is 10.1 Å². The van der Waals surface area contributed by atoms with Crippen molar-refractivity contribution in [2.75, 3.05) is 5.32 Å². The number of halogens is 2. The predicted molar refractivity (Wildman–Crippen MR) is 62.4 cm³/mol. The Hall–Kier alpha value is -1.10. The highest BCUT2D eigenvalue weighted by Gasteiger charge is 2.28. The van der Waals surface area contributed by atoms with Gasteiger partial charge >= 0.3 is 0 Å². The quantitative estimate of drug-likeness (QED) is 0.850. The van der Waals surface area contributed by atoms with Crippen molar-refractivity contribution in [1.29, 1.82) is 0 Å². The maximum Gasteiger partial charge on any atom is 0.265 e. The van der Waals surface area contributed by atoms with E-state index in [1.165, 1.54) is 6.07 Å². The second-order valence-electron chi connectivity index (χ2n) is 3.59. The van der Waals surface area contributed by atoms with Crippen molar-refractivity contribution in [3.63, 3.8) is 0 Å². The van der Waals surface area contributed by atoms with Crippen molar-refractivity contribution in [3.05, 3.63) is 23.5 Å². The summed E-state index contributed by atoms with van der Waals surface area (Å²) in [6, 6.07) is 3.11. The molecule has 2 rings (SSSR count). The molecule has 1 N–H and O–H groups in total. The third-order valence-electron chi connectivity index (χ3n) is 2.44. The summed E-state index contributed by atoms with van der Waals surface area (Å²) in [7, 11) is 0. The van der Waals surface area contributed by atoms with E-state index in [0.29, 0.717) is 17.4 Å². The molecule has 1 amide bonds. The number of amides is 1. The van der Waals surface area contributed by atoms with Crippen molar-refractivity contribution >= 4 is 27.5 Å². The summed E-state index contributed by atoms with van der Waals surface area (Å²) in [5.41, 5.74) is 1.17. The van der Waals surface area contributed by atoms with Crippen molar-refractivity contribution in [1.82, 2.24) is 0 Å². The average Bonchev–Trinajstić information content (AvgIpc) is 2.28. The third kappa shape index (κ3) is 1.91. The van der Waals surface area contributed by atoms with Gasteiger partial charge in [-0.3, -0.25) is 4.79 Å². The molecule has 1 aromatic carbocycles. The maximum atomic E-state index is 13.7. The number of ether oxygens (including phenoxy) is 1. The van der Waals surface area contributed by atoms with Gasteiger partial charge in [0.1, 0.15) is 0 Å². The normalized spacial score (nSPS) is 18.7. The topological polar surface area (TPSA) is 38.3 Å². The maximum absolute atomic E-state index is 13.7. The van der Waals surface area contributed by atoms with Gasteiger partial charge in [0, 0.05) is 5.33 Å². The van der Waals surface area contributed by atoms with Crippen LogP contribution in [0.2, 0.25) is 0 Å². The van der Waals surface area contributed by atoms with Gasteiger partial charge in [0.15, 0.2) is 17.7 Å². The monoisotopic (exact) mass is 287 g/mol. The zero-order valence-corrected chi connectivity index (χ0v) is 10.3. The summed E-state index contributed by atoms with van der Waals surface area (Å²) >= 11 is 3.24. The number of hydrogen-bond donors (Lipinski definition) is 1. The number of hydrogen-bond acceptors (Lipinski definition) is 2. The van der Waals surface area contributed by atoms with Crippen molar-refractivity contribution in [3.8, 4) is 5.75 Å². The Kier molecular flexibility index (Phi) is 3.14. The Bertz CT molecular complexity index is 436. The largest absolute Gasteiger partial charge is 0.475 e. The molecule has 0 saturated carbocycles. The number of fused-ring (bicyclic) bond motifs is 1. The van der Waals surface area contributed by atoms with Gasteiger partial charge in [0.2, 0.25) is 0 Å². The lowest BCUT2D eigenvalue weighted by molar-refractivity contribution is -0.123. The Morgan fingerprint density at radius 1 is 1.56 bits per heavy atom. The van der Waals surface area contributed by atoms with E-state index in [4.69, 9.17) is 4.74 Å². The highest BCUT2D eigenvalue weighted by atomic mass is 79.9. The van der Waals surface area contributed by atoms with Crippen molar-refractivity contribution < 1.29 is 13.9 Å². The number of benzene rings is 1. The second kappa shape index (κ2) is 4.41. The minimum atomic E-state index is -0.600. The summed E-state index contributed by atoms with van der Waals surface area (Å²) in [5.74, 6) is -0.525. The lowest BCUT2D eigenvalue weighted by Gasteiger charge is -2.25. The molecule has 86 valence electrons. The number of anilines is 1. The summed E-state index contributed by atoms with van der Waals surface area (Å²) < 4.78 is 19.0. The predicted octanol–water partition coefficient (Wildman–Crippen LogP) is 2.83. The van der Waals surface area contributed by atoms with Crippen LogP contribution in [0.1, 0.15) is 18.9 Å². The molecular weight excluding hydrogens is 277 g/mol. The van der Waals surface area contributed by atoms with Gasteiger partial charge in [-0.05, 0) is 24.1 Å². The zero-order chi connectivity index (χ0) is 11.7. The van der Waals surface area contributed by atoms with E-state index in [0.717, 1.165) is 5.56 Å². The third-order valence-corrected chi connectivity index (χ3v) is 3.09. The molecule has 0 aliphatic carbocycles. The molecule has 0 spiro atoms. The summed E-state index contributed by atoms with van der Waals surface area (Å²) in [5, 5.41) is 3.18. The minimum absolute atomic E-state index is 0.135. The summed E-state index contributed by atoms with van der Waals surface area (Å²) in [6.45, 7) is 1.82.